The minimum atomic E-state index is 0.187. The molecular weight excluding hydrogens is 236 g/mol. The molecule has 2 fully saturated rings. The highest BCUT2D eigenvalue weighted by Gasteiger charge is 2.34. The highest BCUT2D eigenvalue weighted by molar-refractivity contribution is 5.16. The van der Waals surface area contributed by atoms with Gasteiger partial charge in [0, 0.05) is 31.2 Å². The quantitative estimate of drug-likeness (QED) is 0.812. The first-order valence-electron chi connectivity index (χ1n) is 7.50. The van der Waals surface area contributed by atoms with Crippen molar-refractivity contribution in [3.63, 3.8) is 0 Å². The molecule has 3 nitrogen and oxygen atoms in total. The van der Waals surface area contributed by atoms with Crippen molar-refractivity contribution in [2.45, 2.75) is 43.8 Å². The zero-order valence-electron chi connectivity index (χ0n) is 11.5. The van der Waals surface area contributed by atoms with Crippen molar-refractivity contribution in [1.82, 2.24) is 10.2 Å². The lowest BCUT2D eigenvalue weighted by atomic mass is 10.1. The average Bonchev–Trinajstić information content (AvgIpc) is 3.20. The number of hydrogen-bond donors (Lipinski definition) is 2. The molecule has 3 rings (SSSR count). The van der Waals surface area contributed by atoms with E-state index < -0.39 is 0 Å². The van der Waals surface area contributed by atoms with Crippen LogP contribution in [0.2, 0.25) is 0 Å². The second-order valence-corrected chi connectivity index (χ2v) is 5.95. The first-order chi connectivity index (χ1) is 9.35. The van der Waals surface area contributed by atoms with Crippen LogP contribution < -0.4 is 5.32 Å². The van der Waals surface area contributed by atoms with Gasteiger partial charge in [0.25, 0.3) is 0 Å². The van der Waals surface area contributed by atoms with E-state index >= 15 is 0 Å². The van der Waals surface area contributed by atoms with E-state index in [2.05, 4.69) is 34.5 Å². The van der Waals surface area contributed by atoms with Gasteiger partial charge in [0.05, 0.1) is 6.61 Å². The molecule has 19 heavy (non-hydrogen) atoms. The molecule has 1 aliphatic carbocycles. The van der Waals surface area contributed by atoms with Crippen LogP contribution >= 0.6 is 0 Å². The molecule has 1 saturated heterocycles. The Morgan fingerprint density at radius 3 is 2.68 bits per heavy atom. The summed E-state index contributed by atoms with van der Waals surface area (Å²) in [5.74, 6) is 0. The molecular formula is C16H24N2O. The molecule has 0 spiro atoms. The minimum Gasteiger partial charge on any atom is -0.395 e. The molecule has 3 heteroatoms. The van der Waals surface area contributed by atoms with Gasteiger partial charge in [-0.15, -0.1) is 0 Å². The van der Waals surface area contributed by atoms with Gasteiger partial charge in [-0.1, -0.05) is 30.3 Å². The minimum absolute atomic E-state index is 0.187. The summed E-state index contributed by atoms with van der Waals surface area (Å²) in [5.41, 5.74) is 1.30. The standard InChI is InChI=1S/C16H24N2O/c19-12-15(10-13-4-2-1-3-5-13)17-14-8-9-18(11-14)16-6-7-16/h1-5,14-17,19H,6-12H2. The predicted molar refractivity (Wildman–Crippen MR) is 77.2 cm³/mol. The molecule has 2 unspecified atom stereocenters. The van der Waals surface area contributed by atoms with E-state index in [-0.39, 0.29) is 12.6 Å². The molecule has 2 atom stereocenters. The van der Waals surface area contributed by atoms with Gasteiger partial charge >= 0.3 is 0 Å². The molecule has 1 aromatic carbocycles. The molecule has 0 aromatic heterocycles. The second-order valence-electron chi connectivity index (χ2n) is 5.95. The molecule has 1 saturated carbocycles. The first-order valence-corrected chi connectivity index (χ1v) is 7.50. The van der Waals surface area contributed by atoms with Gasteiger partial charge < -0.3 is 10.4 Å². The summed E-state index contributed by atoms with van der Waals surface area (Å²) in [6.07, 6.45) is 4.92. The van der Waals surface area contributed by atoms with Gasteiger partial charge in [-0.05, 0) is 31.2 Å². The number of nitrogens with zero attached hydrogens (tertiary/aromatic N) is 1. The highest BCUT2D eigenvalue weighted by Crippen LogP contribution is 2.29. The maximum absolute atomic E-state index is 9.56. The van der Waals surface area contributed by atoms with Gasteiger partial charge in [-0.25, -0.2) is 0 Å². The van der Waals surface area contributed by atoms with Gasteiger partial charge in [0.1, 0.15) is 0 Å². The van der Waals surface area contributed by atoms with Gasteiger partial charge in [0.2, 0.25) is 0 Å². The average molecular weight is 260 g/mol. The van der Waals surface area contributed by atoms with E-state index in [1.54, 1.807) is 0 Å². The number of aliphatic hydroxyl groups is 1. The molecule has 1 heterocycles. The van der Waals surface area contributed by atoms with Crippen LogP contribution in [0.5, 0.6) is 0 Å². The Kier molecular flexibility index (Phi) is 4.16. The van der Waals surface area contributed by atoms with E-state index in [1.165, 1.54) is 31.4 Å². The smallest absolute Gasteiger partial charge is 0.0587 e. The van der Waals surface area contributed by atoms with Crippen molar-refractivity contribution in [2.75, 3.05) is 19.7 Å². The summed E-state index contributed by atoms with van der Waals surface area (Å²) < 4.78 is 0. The van der Waals surface area contributed by atoms with Gasteiger partial charge in [-0.2, -0.15) is 0 Å². The molecule has 0 bridgehead atoms. The topological polar surface area (TPSA) is 35.5 Å². The first kappa shape index (κ1) is 13.1. The van der Waals surface area contributed by atoms with Crippen molar-refractivity contribution in [3.8, 4) is 0 Å². The zero-order chi connectivity index (χ0) is 13.1. The highest BCUT2D eigenvalue weighted by atomic mass is 16.3. The van der Waals surface area contributed by atoms with Crippen molar-refractivity contribution in [3.05, 3.63) is 35.9 Å². The van der Waals surface area contributed by atoms with E-state index in [9.17, 15) is 5.11 Å². The third-order valence-electron chi connectivity index (χ3n) is 4.30. The number of rotatable bonds is 6. The van der Waals surface area contributed by atoms with Crippen LogP contribution in [0.4, 0.5) is 0 Å². The van der Waals surface area contributed by atoms with Crippen LogP contribution in [0, 0.1) is 0 Å². The number of nitrogens with one attached hydrogen (secondary N) is 1. The number of aliphatic hydroxyl groups excluding tert-OH is 1. The van der Waals surface area contributed by atoms with Crippen molar-refractivity contribution in [2.24, 2.45) is 0 Å². The number of likely N-dealkylation sites (tertiary alicyclic amines) is 1. The predicted octanol–water partition coefficient (Wildman–Crippen LogP) is 1.42. The molecule has 104 valence electrons. The zero-order valence-corrected chi connectivity index (χ0v) is 11.5. The van der Waals surface area contributed by atoms with Crippen LogP contribution in [0.1, 0.15) is 24.8 Å². The third kappa shape index (κ3) is 3.56. The second kappa shape index (κ2) is 6.04. The van der Waals surface area contributed by atoms with Gasteiger partial charge in [0.15, 0.2) is 0 Å². The monoisotopic (exact) mass is 260 g/mol. The van der Waals surface area contributed by atoms with E-state index in [1.807, 2.05) is 6.07 Å². The molecule has 0 amide bonds. The summed E-state index contributed by atoms with van der Waals surface area (Å²) in [6, 6.07) is 12.0. The lowest BCUT2D eigenvalue weighted by Crippen LogP contribution is -2.43. The normalized spacial score (nSPS) is 25.6. The fourth-order valence-electron chi connectivity index (χ4n) is 3.10. The lowest BCUT2D eigenvalue weighted by molar-refractivity contribution is 0.227. The lowest BCUT2D eigenvalue weighted by Gasteiger charge is -2.22. The SMILES string of the molecule is OCC(Cc1ccccc1)NC1CCN(C2CC2)C1. The Bertz CT molecular complexity index is 391. The van der Waals surface area contributed by atoms with E-state index in [0.29, 0.717) is 6.04 Å². The number of hydrogen-bond acceptors (Lipinski definition) is 3. The summed E-state index contributed by atoms with van der Waals surface area (Å²) in [4.78, 5) is 2.61. The third-order valence-corrected chi connectivity index (χ3v) is 4.30. The summed E-state index contributed by atoms with van der Waals surface area (Å²) in [7, 11) is 0. The van der Waals surface area contributed by atoms with Crippen molar-refractivity contribution in [1.29, 1.82) is 0 Å². The Balaban J connectivity index is 1.49. The Hall–Kier alpha value is -0.900. The van der Waals surface area contributed by atoms with Crippen LogP contribution in [-0.4, -0.2) is 47.8 Å². The Morgan fingerprint density at radius 2 is 2.00 bits per heavy atom. The molecule has 2 N–H and O–H groups in total. The molecule has 1 aromatic rings. The van der Waals surface area contributed by atoms with Gasteiger partial charge in [-0.3, -0.25) is 4.90 Å². The summed E-state index contributed by atoms with van der Waals surface area (Å²) in [5, 5.41) is 13.2. The van der Waals surface area contributed by atoms with Crippen LogP contribution in [0.25, 0.3) is 0 Å². The fourth-order valence-corrected chi connectivity index (χ4v) is 3.10. The Morgan fingerprint density at radius 1 is 1.21 bits per heavy atom. The largest absolute Gasteiger partial charge is 0.395 e. The maximum Gasteiger partial charge on any atom is 0.0587 e. The Labute approximate surface area is 115 Å². The van der Waals surface area contributed by atoms with E-state index in [0.717, 1.165) is 19.0 Å². The van der Waals surface area contributed by atoms with Crippen molar-refractivity contribution < 1.29 is 5.11 Å². The molecule has 0 radical (unpaired) electrons. The summed E-state index contributed by atoms with van der Waals surface area (Å²) in [6.45, 7) is 2.61. The van der Waals surface area contributed by atoms with Crippen LogP contribution in [0.15, 0.2) is 30.3 Å². The summed E-state index contributed by atoms with van der Waals surface area (Å²) >= 11 is 0. The van der Waals surface area contributed by atoms with E-state index in [4.69, 9.17) is 0 Å². The molecule has 1 aliphatic heterocycles. The number of benzene rings is 1. The van der Waals surface area contributed by atoms with Crippen molar-refractivity contribution >= 4 is 0 Å². The maximum atomic E-state index is 9.56. The fraction of sp³-hybridized carbons (Fsp3) is 0.625. The van der Waals surface area contributed by atoms with Crippen LogP contribution in [-0.2, 0) is 6.42 Å². The van der Waals surface area contributed by atoms with Crippen LogP contribution in [0.3, 0.4) is 0 Å². The molecule has 2 aliphatic rings.